The van der Waals surface area contributed by atoms with Gasteiger partial charge in [-0.15, -0.1) is 0 Å². The largest absolute Gasteiger partial charge is 0.379 e. The van der Waals surface area contributed by atoms with Crippen LogP contribution in [0.2, 0.25) is 0 Å². The Balaban J connectivity index is 1.97. The van der Waals surface area contributed by atoms with Crippen LogP contribution in [0.25, 0.3) is 0 Å². The first kappa shape index (κ1) is 14.5. The third-order valence-electron chi connectivity index (χ3n) is 3.80. The number of morpholine rings is 1. The van der Waals surface area contributed by atoms with Crippen molar-refractivity contribution in [1.29, 1.82) is 0 Å². The molecule has 1 aromatic carbocycles. The molecule has 3 heteroatoms. The number of nitrogens with one attached hydrogen (secondary N) is 1. The zero-order chi connectivity index (χ0) is 13.5. The van der Waals surface area contributed by atoms with Crippen LogP contribution in [-0.4, -0.2) is 44.3 Å². The van der Waals surface area contributed by atoms with Crippen LogP contribution in [0.1, 0.15) is 25.5 Å². The summed E-state index contributed by atoms with van der Waals surface area (Å²) in [6.45, 7) is 10.6. The minimum atomic E-state index is 0.439. The highest BCUT2D eigenvalue weighted by atomic mass is 16.5. The van der Waals surface area contributed by atoms with Gasteiger partial charge < -0.3 is 10.1 Å². The standard InChI is InChI=1S/C16H26N2O/c1-3-17-16(15-7-5-4-6-8-15)14(2)13-18-9-11-19-12-10-18/h4-8,14,16-17H,3,9-13H2,1-2H3. The van der Waals surface area contributed by atoms with Gasteiger partial charge in [0.15, 0.2) is 0 Å². The van der Waals surface area contributed by atoms with Crippen LogP contribution < -0.4 is 5.32 Å². The molecule has 0 aromatic heterocycles. The number of hydrogen-bond acceptors (Lipinski definition) is 3. The summed E-state index contributed by atoms with van der Waals surface area (Å²) < 4.78 is 5.42. The minimum absolute atomic E-state index is 0.439. The fourth-order valence-electron chi connectivity index (χ4n) is 2.82. The van der Waals surface area contributed by atoms with Gasteiger partial charge in [-0.2, -0.15) is 0 Å². The Morgan fingerprint density at radius 3 is 2.53 bits per heavy atom. The smallest absolute Gasteiger partial charge is 0.0594 e. The molecule has 19 heavy (non-hydrogen) atoms. The Hall–Kier alpha value is -0.900. The molecule has 1 aliphatic rings. The van der Waals surface area contributed by atoms with E-state index in [0.29, 0.717) is 12.0 Å². The number of hydrogen-bond donors (Lipinski definition) is 1. The molecule has 2 unspecified atom stereocenters. The summed E-state index contributed by atoms with van der Waals surface area (Å²) in [6, 6.07) is 11.2. The number of nitrogens with zero attached hydrogens (tertiary/aromatic N) is 1. The Morgan fingerprint density at radius 2 is 1.89 bits per heavy atom. The fourth-order valence-corrected chi connectivity index (χ4v) is 2.82. The van der Waals surface area contributed by atoms with Crippen molar-refractivity contribution >= 4 is 0 Å². The molecule has 0 spiro atoms. The van der Waals surface area contributed by atoms with Gasteiger partial charge in [-0.3, -0.25) is 4.90 Å². The summed E-state index contributed by atoms with van der Waals surface area (Å²) in [6.07, 6.45) is 0. The van der Waals surface area contributed by atoms with E-state index in [1.165, 1.54) is 5.56 Å². The predicted molar refractivity (Wildman–Crippen MR) is 79.3 cm³/mol. The third kappa shape index (κ3) is 4.30. The first-order chi connectivity index (χ1) is 9.31. The van der Waals surface area contributed by atoms with E-state index >= 15 is 0 Å². The highest BCUT2D eigenvalue weighted by molar-refractivity contribution is 5.19. The first-order valence-corrected chi connectivity index (χ1v) is 7.39. The van der Waals surface area contributed by atoms with Gasteiger partial charge in [0, 0.05) is 25.7 Å². The van der Waals surface area contributed by atoms with Crippen molar-refractivity contribution in [1.82, 2.24) is 10.2 Å². The Labute approximate surface area is 116 Å². The number of ether oxygens (including phenoxy) is 1. The van der Waals surface area contributed by atoms with Crippen LogP contribution in [0, 0.1) is 5.92 Å². The molecule has 1 N–H and O–H groups in total. The summed E-state index contributed by atoms with van der Waals surface area (Å²) in [7, 11) is 0. The summed E-state index contributed by atoms with van der Waals surface area (Å²) in [5, 5.41) is 3.63. The molecule has 0 aliphatic carbocycles. The molecule has 1 fully saturated rings. The summed E-state index contributed by atoms with van der Waals surface area (Å²) in [5.41, 5.74) is 1.39. The van der Waals surface area contributed by atoms with E-state index < -0.39 is 0 Å². The van der Waals surface area contributed by atoms with Crippen LogP contribution in [0.5, 0.6) is 0 Å². The van der Waals surface area contributed by atoms with Gasteiger partial charge in [0.05, 0.1) is 13.2 Å². The normalized spacial score (nSPS) is 20.1. The van der Waals surface area contributed by atoms with Crippen LogP contribution in [-0.2, 0) is 4.74 Å². The SMILES string of the molecule is CCNC(c1ccccc1)C(C)CN1CCOCC1. The number of benzene rings is 1. The lowest BCUT2D eigenvalue weighted by Crippen LogP contribution is -2.41. The Kier molecular flexibility index (Phi) is 5.83. The number of rotatable bonds is 6. The average Bonchev–Trinajstić information content (AvgIpc) is 2.46. The molecule has 2 atom stereocenters. The van der Waals surface area contributed by atoms with E-state index in [1.807, 2.05) is 0 Å². The molecule has 0 bridgehead atoms. The maximum atomic E-state index is 5.42. The molecular formula is C16H26N2O. The van der Waals surface area contributed by atoms with Crippen LogP contribution in [0.4, 0.5) is 0 Å². The van der Waals surface area contributed by atoms with Crippen LogP contribution in [0.15, 0.2) is 30.3 Å². The van der Waals surface area contributed by atoms with Gasteiger partial charge in [-0.05, 0) is 18.0 Å². The van der Waals surface area contributed by atoms with Gasteiger partial charge in [-0.25, -0.2) is 0 Å². The maximum absolute atomic E-state index is 5.42. The molecule has 1 saturated heterocycles. The average molecular weight is 262 g/mol. The van der Waals surface area contributed by atoms with Gasteiger partial charge >= 0.3 is 0 Å². The van der Waals surface area contributed by atoms with Gasteiger partial charge in [-0.1, -0.05) is 44.2 Å². The van der Waals surface area contributed by atoms with Crippen molar-refractivity contribution in [2.24, 2.45) is 5.92 Å². The molecule has 1 heterocycles. The zero-order valence-electron chi connectivity index (χ0n) is 12.1. The molecule has 2 rings (SSSR count). The predicted octanol–water partition coefficient (Wildman–Crippen LogP) is 2.31. The van der Waals surface area contributed by atoms with Gasteiger partial charge in [0.2, 0.25) is 0 Å². The van der Waals surface area contributed by atoms with E-state index in [1.54, 1.807) is 0 Å². The lowest BCUT2D eigenvalue weighted by molar-refractivity contribution is 0.0291. The summed E-state index contributed by atoms with van der Waals surface area (Å²) >= 11 is 0. The van der Waals surface area contributed by atoms with Crippen molar-refractivity contribution in [3.63, 3.8) is 0 Å². The van der Waals surface area contributed by atoms with E-state index in [9.17, 15) is 0 Å². The Morgan fingerprint density at radius 1 is 1.21 bits per heavy atom. The lowest BCUT2D eigenvalue weighted by atomic mass is 9.93. The third-order valence-corrected chi connectivity index (χ3v) is 3.80. The highest BCUT2D eigenvalue weighted by Crippen LogP contribution is 2.22. The molecule has 0 saturated carbocycles. The Bertz CT molecular complexity index is 349. The molecule has 0 radical (unpaired) electrons. The zero-order valence-corrected chi connectivity index (χ0v) is 12.1. The van der Waals surface area contributed by atoms with E-state index in [0.717, 1.165) is 39.4 Å². The van der Waals surface area contributed by atoms with Crippen molar-refractivity contribution in [3.05, 3.63) is 35.9 Å². The molecule has 1 aliphatic heterocycles. The molecular weight excluding hydrogens is 236 g/mol. The second kappa shape index (κ2) is 7.63. The van der Waals surface area contributed by atoms with Crippen molar-refractivity contribution in [2.45, 2.75) is 19.9 Å². The van der Waals surface area contributed by atoms with Crippen molar-refractivity contribution in [2.75, 3.05) is 39.4 Å². The fraction of sp³-hybridized carbons (Fsp3) is 0.625. The monoisotopic (exact) mass is 262 g/mol. The van der Waals surface area contributed by atoms with E-state index in [4.69, 9.17) is 4.74 Å². The van der Waals surface area contributed by atoms with E-state index in [2.05, 4.69) is 54.4 Å². The van der Waals surface area contributed by atoms with Crippen LogP contribution >= 0.6 is 0 Å². The second-order valence-corrected chi connectivity index (χ2v) is 5.34. The van der Waals surface area contributed by atoms with Gasteiger partial charge in [0.25, 0.3) is 0 Å². The summed E-state index contributed by atoms with van der Waals surface area (Å²) in [5.74, 6) is 0.598. The van der Waals surface area contributed by atoms with Crippen LogP contribution in [0.3, 0.4) is 0 Å². The summed E-state index contributed by atoms with van der Waals surface area (Å²) in [4.78, 5) is 2.52. The second-order valence-electron chi connectivity index (χ2n) is 5.34. The highest BCUT2D eigenvalue weighted by Gasteiger charge is 2.21. The molecule has 106 valence electrons. The van der Waals surface area contributed by atoms with Crippen molar-refractivity contribution in [3.8, 4) is 0 Å². The quantitative estimate of drug-likeness (QED) is 0.851. The topological polar surface area (TPSA) is 24.5 Å². The minimum Gasteiger partial charge on any atom is -0.379 e. The molecule has 3 nitrogen and oxygen atoms in total. The van der Waals surface area contributed by atoms with E-state index in [-0.39, 0.29) is 0 Å². The molecule has 1 aromatic rings. The molecule has 0 amide bonds. The lowest BCUT2D eigenvalue weighted by Gasteiger charge is -2.33. The van der Waals surface area contributed by atoms with Crippen molar-refractivity contribution < 1.29 is 4.74 Å². The van der Waals surface area contributed by atoms with Gasteiger partial charge in [0.1, 0.15) is 0 Å². The maximum Gasteiger partial charge on any atom is 0.0594 e. The first-order valence-electron chi connectivity index (χ1n) is 7.39.